The minimum Gasteiger partial charge on any atom is -0.479 e. The zero-order chi connectivity index (χ0) is 15.5. The number of hydrogen-bond acceptors (Lipinski definition) is 5. The van der Waals surface area contributed by atoms with Crippen LogP contribution in [-0.4, -0.2) is 49.6 Å². The Balaban J connectivity index is 2.19. The van der Waals surface area contributed by atoms with E-state index in [1.165, 1.54) is 0 Å². The maximum atomic E-state index is 12.4. The maximum Gasteiger partial charge on any atom is 0.334 e. The molecular formula is C13H14N2O5S. The van der Waals surface area contributed by atoms with Crippen molar-refractivity contribution in [2.75, 3.05) is 19.7 Å². The van der Waals surface area contributed by atoms with Crippen molar-refractivity contribution in [3.05, 3.63) is 35.4 Å². The normalized spacial score (nSPS) is 19.9. The SMILES string of the molecule is N#Cc1ccccc1CS(=O)(=O)N1CCOC(C(=O)O)C1. The standard InChI is InChI=1S/C13H14N2O5S/c14-7-10-3-1-2-4-11(10)9-21(18,19)15-5-6-20-12(8-15)13(16)17/h1-4,12H,5-6,8-9H2,(H,16,17). The third kappa shape index (κ3) is 3.58. The van der Waals surface area contributed by atoms with Gasteiger partial charge in [-0.3, -0.25) is 0 Å². The highest BCUT2D eigenvalue weighted by molar-refractivity contribution is 7.88. The predicted molar refractivity (Wildman–Crippen MR) is 72.7 cm³/mol. The number of morpholine rings is 1. The van der Waals surface area contributed by atoms with Crippen LogP contribution in [0.5, 0.6) is 0 Å². The summed E-state index contributed by atoms with van der Waals surface area (Å²) in [5.74, 6) is -1.52. The van der Waals surface area contributed by atoms with E-state index in [1.807, 2.05) is 6.07 Å². The Hall–Kier alpha value is -1.95. The van der Waals surface area contributed by atoms with Gasteiger partial charge in [0, 0.05) is 6.54 Å². The highest BCUT2D eigenvalue weighted by Crippen LogP contribution is 2.17. The molecule has 1 aromatic rings. The maximum absolute atomic E-state index is 12.4. The first-order valence-electron chi connectivity index (χ1n) is 6.24. The first-order chi connectivity index (χ1) is 9.94. The lowest BCUT2D eigenvalue weighted by Crippen LogP contribution is -2.48. The van der Waals surface area contributed by atoms with E-state index in [0.29, 0.717) is 11.1 Å². The number of hydrogen-bond donors (Lipinski definition) is 1. The topological polar surface area (TPSA) is 108 Å². The summed E-state index contributed by atoms with van der Waals surface area (Å²) in [6.45, 7) is -0.0662. The van der Waals surface area contributed by atoms with Gasteiger partial charge in [-0.05, 0) is 11.6 Å². The van der Waals surface area contributed by atoms with Crippen molar-refractivity contribution in [2.24, 2.45) is 0 Å². The van der Waals surface area contributed by atoms with Crippen LogP contribution >= 0.6 is 0 Å². The highest BCUT2D eigenvalue weighted by atomic mass is 32.2. The van der Waals surface area contributed by atoms with E-state index in [0.717, 1.165) is 4.31 Å². The molecule has 0 radical (unpaired) electrons. The molecule has 1 aliphatic heterocycles. The third-order valence-corrected chi connectivity index (χ3v) is 4.97. The Morgan fingerprint density at radius 1 is 1.48 bits per heavy atom. The second-order valence-electron chi connectivity index (χ2n) is 4.58. The quantitative estimate of drug-likeness (QED) is 0.849. The zero-order valence-electron chi connectivity index (χ0n) is 11.1. The Kier molecular flexibility index (Phi) is 4.57. The zero-order valence-corrected chi connectivity index (χ0v) is 11.9. The van der Waals surface area contributed by atoms with E-state index in [4.69, 9.17) is 15.1 Å². The number of carboxylic acid groups (broad SMARTS) is 1. The molecule has 1 N–H and O–H groups in total. The van der Waals surface area contributed by atoms with E-state index in [-0.39, 0.29) is 25.4 Å². The number of sulfonamides is 1. The molecule has 1 saturated heterocycles. The molecule has 2 rings (SSSR count). The van der Waals surface area contributed by atoms with Gasteiger partial charge >= 0.3 is 5.97 Å². The number of carbonyl (C=O) groups is 1. The monoisotopic (exact) mass is 310 g/mol. The van der Waals surface area contributed by atoms with Crippen LogP contribution in [-0.2, 0) is 25.3 Å². The molecule has 7 nitrogen and oxygen atoms in total. The van der Waals surface area contributed by atoms with E-state index < -0.39 is 22.1 Å². The van der Waals surface area contributed by atoms with Crippen molar-refractivity contribution >= 4 is 16.0 Å². The molecule has 0 spiro atoms. The summed E-state index contributed by atoms with van der Waals surface area (Å²) in [6, 6.07) is 8.38. The van der Waals surface area contributed by atoms with Crippen LogP contribution in [0.1, 0.15) is 11.1 Å². The summed E-state index contributed by atoms with van der Waals surface area (Å²) in [4.78, 5) is 10.9. The Bertz CT molecular complexity index is 680. The fourth-order valence-corrected chi connectivity index (χ4v) is 3.61. The lowest BCUT2D eigenvalue weighted by atomic mass is 10.1. The molecule has 8 heteroatoms. The molecule has 1 aromatic carbocycles. The number of ether oxygens (including phenoxy) is 1. The van der Waals surface area contributed by atoms with Gasteiger partial charge in [0.2, 0.25) is 10.0 Å². The Morgan fingerprint density at radius 2 is 2.19 bits per heavy atom. The number of rotatable bonds is 4. The van der Waals surface area contributed by atoms with Gasteiger partial charge < -0.3 is 9.84 Å². The van der Waals surface area contributed by atoms with Gasteiger partial charge in [0.05, 0.1) is 30.5 Å². The van der Waals surface area contributed by atoms with Crippen LogP contribution in [0, 0.1) is 11.3 Å². The van der Waals surface area contributed by atoms with Gasteiger partial charge in [0.25, 0.3) is 0 Å². The summed E-state index contributed by atoms with van der Waals surface area (Å²) in [7, 11) is -3.70. The lowest BCUT2D eigenvalue weighted by molar-refractivity contribution is -0.153. The van der Waals surface area contributed by atoms with Crippen LogP contribution < -0.4 is 0 Å². The van der Waals surface area contributed by atoms with Gasteiger partial charge in [-0.15, -0.1) is 0 Å². The average Bonchev–Trinajstić information content (AvgIpc) is 2.47. The van der Waals surface area contributed by atoms with Gasteiger partial charge in [0.1, 0.15) is 0 Å². The molecular weight excluding hydrogens is 296 g/mol. The van der Waals surface area contributed by atoms with Gasteiger partial charge in [-0.2, -0.15) is 9.57 Å². The predicted octanol–water partition coefficient (Wildman–Crippen LogP) is 0.173. The average molecular weight is 310 g/mol. The van der Waals surface area contributed by atoms with Crippen molar-refractivity contribution in [1.82, 2.24) is 4.31 Å². The Labute approximate surface area is 122 Å². The van der Waals surface area contributed by atoms with Crippen LogP contribution in [0.4, 0.5) is 0 Å². The van der Waals surface area contributed by atoms with Gasteiger partial charge in [-0.1, -0.05) is 18.2 Å². The number of nitrogens with zero attached hydrogens (tertiary/aromatic N) is 2. The molecule has 0 amide bonds. The summed E-state index contributed by atoms with van der Waals surface area (Å²) in [5, 5.41) is 17.9. The number of benzene rings is 1. The molecule has 21 heavy (non-hydrogen) atoms. The summed E-state index contributed by atoms with van der Waals surface area (Å²) >= 11 is 0. The first-order valence-corrected chi connectivity index (χ1v) is 7.85. The van der Waals surface area contributed by atoms with Crippen LogP contribution in [0.25, 0.3) is 0 Å². The molecule has 1 aliphatic rings. The third-order valence-electron chi connectivity index (χ3n) is 3.17. The van der Waals surface area contributed by atoms with E-state index in [2.05, 4.69) is 0 Å². The van der Waals surface area contributed by atoms with Crippen molar-refractivity contribution in [3.8, 4) is 6.07 Å². The van der Waals surface area contributed by atoms with Crippen LogP contribution in [0.2, 0.25) is 0 Å². The second kappa shape index (κ2) is 6.22. The molecule has 0 saturated carbocycles. The van der Waals surface area contributed by atoms with Crippen LogP contribution in [0.15, 0.2) is 24.3 Å². The second-order valence-corrected chi connectivity index (χ2v) is 6.55. The van der Waals surface area contributed by atoms with Crippen molar-refractivity contribution in [3.63, 3.8) is 0 Å². The summed E-state index contributed by atoms with van der Waals surface area (Å²) in [5.41, 5.74) is 0.697. The van der Waals surface area contributed by atoms with Crippen molar-refractivity contribution in [2.45, 2.75) is 11.9 Å². The minimum absolute atomic E-state index is 0.0378. The number of aliphatic carboxylic acids is 1. The molecule has 0 bridgehead atoms. The molecule has 1 unspecified atom stereocenters. The molecule has 1 atom stereocenters. The van der Waals surface area contributed by atoms with Gasteiger partial charge in [-0.25, -0.2) is 13.2 Å². The van der Waals surface area contributed by atoms with Crippen molar-refractivity contribution in [1.29, 1.82) is 5.26 Å². The smallest absolute Gasteiger partial charge is 0.334 e. The largest absolute Gasteiger partial charge is 0.479 e. The molecule has 0 aromatic heterocycles. The Morgan fingerprint density at radius 3 is 2.86 bits per heavy atom. The number of carboxylic acids is 1. The first kappa shape index (κ1) is 15.4. The molecule has 112 valence electrons. The number of nitriles is 1. The molecule has 1 heterocycles. The molecule has 0 aliphatic carbocycles. The summed E-state index contributed by atoms with van der Waals surface area (Å²) in [6.07, 6.45) is -1.15. The lowest BCUT2D eigenvalue weighted by Gasteiger charge is -2.30. The fraction of sp³-hybridized carbons (Fsp3) is 0.385. The molecule has 1 fully saturated rings. The van der Waals surface area contributed by atoms with Crippen LogP contribution in [0.3, 0.4) is 0 Å². The summed E-state index contributed by atoms with van der Waals surface area (Å²) < 4.78 is 30.8. The van der Waals surface area contributed by atoms with Gasteiger partial charge in [0.15, 0.2) is 6.10 Å². The van der Waals surface area contributed by atoms with Crippen molar-refractivity contribution < 1.29 is 23.1 Å². The van der Waals surface area contributed by atoms with E-state index in [1.54, 1.807) is 24.3 Å². The fourth-order valence-electron chi connectivity index (χ4n) is 2.07. The highest BCUT2D eigenvalue weighted by Gasteiger charge is 2.33. The minimum atomic E-state index is -3.70. The van der Waals surface area contributed by atoms with E-state index >= 15 is 0 Å². The van der Waals surface area contributed by atoms with E-state index in [9.17, 15) is 13.2 Å².